The number of aromatic nitrogens is 5. The van der Waals surface area contributed by atoms with Crippen LogP contribution >= 0.6 is 0 Å². The van der Waals surface area contributed by atoms with Crippen molar-refractivity contribution in [2.24, 2.45) is 7.05 Å². The van der Waals surface area contributed by atoms with E-state index >= 15 is 0 Å². The van der Waals surface area contributed by atoms with Gasteiger partial charge in [-0.2, -0.15) is 9.40 Å². The number of imidazole rings is 1. The van der Waals surface area contributed by atoms with Crippen LogP contribution in [0.25, 0.3) is 0 Å². The first kappa shape index (κ1) is 17.8. The zero-order valence-electron chi connectivity index (χ0n) is 14.9. The first-order valence-corrected chi connectivity index (χ1v) is 10.1. The maximum Gasteiger partial charge on any atom is 0.244 e. The summed E-state index contributed by atoms with van der Waals surface area (Å²) >= 11 is 0. The average Bonchev–Trinajstić information content (AvgIpc) is 3.34. The van der Waals surface area contributed by atoms with Crippen molar-refractivity contribution in [1.29, 1.82) is 0 Å². The fourth-order valence-electron chi connectivity index (χ4n) is 3.39. The van der Waals surface area contributed by atoms with Crippen molar-refractivity contribution in [2.45, 2.75) is 17.5 Å². The minimum absolute atomic E-state index is 0.293. The molecule has 1 N–H and O–H groups in total. The minimum Gasteiger partial charge on any atom is -0.337 e. The lowest BCUT2D eigenvalue weighted by Gasteiger charge is -2.35. The van der Waals surface area contributed by atoms with Gasteiger partial charge in [0.1, 0.15) is 18.5 Å². The molecule has 0 saturated carbocycles. The normalized spacial score (nSPS) is 18.6. The third-order valence-corrected chi connectivity index (χ3v) is 6.72. The van der Waals surface area contributed by atoms with E-state index in [4.69, 9.17) is 0 Å². The molecule has 1 unspecified atom stereocenters. The lowest BCUT2D eigenvalue weighted by Crippen LogP contribution is -2.49. The smallest absolute Gasteiger partial charge is 0.244 e. The number of nitrogens with zero attached hydrogens (tertiary/aromatic N) is 6. The first-order valence-electron chi connectivity index (χ1n) is 8.67. The third-order valence-electron chi connectivity index (χ3n) is 4.71. The lowest BCUT2D eigenvalue weighted by molar-refractivity contribution is 0.258. The second-order valence-corrected chi connectivity index (χ2v) is 8.29. The Kier molecular flexibility index (Phi) is 4.77. The fraction of sp³-hybridized carbons (Fsp3) is 0.353. The number of hydrogen-bond acceptors (Lipinski definition) is 6. The fourth-order valence-corrected chi connectivity index (χ4v) is 5.20. The van der Waals surface area contributed by atoms with Gasteiger partial charge in [0.15, 0.2) is 0 Å². The Morgan fingerprint density at radius 1 is 1.30 bits per heavy atom. The summed E-state index contributed by atoms with van der Waals surface area (Å²) < 4.78 is 32.2. The highest BCUT2D eigenvalue weighted by Crippen LogP contribution is 2.29. The van der Waals surface area contributed by atoms with Gasteiger partial charge in [0.25, 0.3) is 0 Å². The molecule has 9 nitrogen and oxygen atoms in total. The summed E-state index contributed by atoms with van der Waals surface area (Å²) in [5.41, 5.74) is 0.681. The standard InChI is InChI=1S/C17H21N7O2S/c1-22-8-7-20-17(22)15-10-18-6-9-24(15)27(25,26)16-5-3-2-4-14(16)11-23-13-19-12-21-23/h2-5,7-8,12-13,15,18H,6,9-11H2,1H3. The number of sulfonamides is 1. The van der Waals surface area contributed by atoms with E-state index in [2.05, 4.69) is 20.4 Å². The molecule has 2 aromatic heterocycles. The van der Waals surface area contributed by atoms with Gasteiger partial charge in [-0.1, -0.05) is 18.2 Å². The van der Waals surface area contributed by atoms with Crippen LogP contribution in [0.1, 0.15) is 17.4 Å². The van der Waals surface area contributed by atoms with Crippen molar-refractivity contribution in [3.8, 4) is 0 Å². The molecule has 10 heteroatoms. The highest BCUT2D eigenvalue weighted by molar-refractivity contribution is 7.89. The predicted octanol–water partition coefficient (Wildman–Crippen LogP) is 0.395. The van der Waals surface area contributed by atoms with Crippen LogP contribution in [0.5, 0.6) is 0 Å². The Labute approximate surface area is 157 Å². The SMILES string of the molecule is Cn1ccnc1C1CNCCN1S(=O)(=O)c1ccccc1Cn1cncn1. The second kappa shape index (κ2) is 7.22. The number of nitrogens with one attached hydrogen (secondary N) is 1. The monoisotopic (exact) mass is 387 g/mol. The highest BCUT2D eigenvalue weighted by Gasteiger charge is 2.37. The van der Waals surface area contributed by atoms with Gasteiger partial charge in [-0.05, 0) is 11.6 Å². The summed E-state index contributed by atoms with van der Waals surface area (Å²) in [7, 11) is -1.83. The summed E-state index contributed by atoms with van der Waals surface area (Å²) in [6.45, 7) is 1.85. The van der Waals surface area contributed by atoms with E-state index in [9.17, 15) is 8.42 Å². The Bertz CT molecular complexity index is 1010. The average molecular weight is 387 g/mol. The number of rotatable bonds is 5. The number of hydrogen-bond donors (Lipinski definition) is 1. The molecule has 0 aliphatic carbocycles. The Morgan fingerprint density at radius 2 is 2.15 bits per heavy atom. The molecule has 3 heterocycles. The minimum atomic E-state index is -3.71. The molecule has 27 heavy (non-hydrogen) atoms. The van der Waals surface area contributed by atoms with E-state index in [1.54, 1.807) is 33.6 Å². The summed E-state index contributed by atoms with van der Waals surface area (Å²) in [6.07, 6.45) is 6.52. The topological polar surface area (TPSA) is 97.9 Å². The Morgan fingerprint density at radius 3 is 2.89 bits per heavy atom. The van der Waals surface area contributed by atoms with Gasteiger partial charge in [-0.15, -0.1) is 0 Å². The summed E-state index contributed by atoms with van der Waals surface area (Å²) in [5, 5.41) is 7.36. The van der Waals surface area contributed by atoms with Crippen molar-refractivity contribution < 1.29 is 8.42 Å². The second-order valence-electron chi connectivity index (χ2n) is 6.43. The maximum atomic E-state index is 13.6. The number of benzene rings is 1. The molecule has 0 radical (unpaired) electrons. The van der Waals surface area contributed by atoms with Crippen molar-refractivity contribution in [2.75, 3.05) is 19.6 Å². The number of piperazine rings is 1. The zero-order chi connectivity index (χ0) is 18.9. The molecule has 4 rings (SSSR count). The first-order chi connectivity index (χ1) is 13.1. The molecule has 1 atom stereocenters. The molecular formula is C17H21N7O2S. The van der Waals surface area contributed by atoms with Crippen LogP contribution in [0.2, 0.25) is 0 Å². The molecule has 1 saturated heterocycles. The van der Waals surface area contributed by atoms with Gasteiger partial charge < -0.3 is 9.88 Å². The molecule has 142 valence electrons. The molecule has 1 aliphatic heterocycles. The molecular weight excluding hydrogens is 366 g/mol. The predicted molar refractivity (Wildman–Crippen MR) is 98.3 cm³/mol. The summed E-state index contributed by atoms with van der Waals surface area (Å²) in [4.78, 5) is 8.60. The van der Waals surface area contributed by atoms with E-state index in [-0.39, 0.29) is 6.04 Å². The van der Waals surface area contributed by atoms with Crippen LogP contribution < -0.4 is 5.32 Å². The molecule has 0 amide bonds. The maximum absolute atomic E-state index is 13.6. The molecule has 0 spiro atoms. The molecule has 0 bridgehead atoms. The molecule has 1 aliphatic rings. The number of aryl methyl sites for hydroxylation is 1. The van der Waals surface area contributed by atoms with Crippen LogP contribution in [0.15, 0.2) is 54.2 Å². The molecule has 1 fully saturated rings. The van der Waals surface area contributed by atoms with E-state index in [1.807, 2.05) is 29.9 Å². The Balaban J connectivity index is 1.73. The Hall–Kier alpha value is -2.56. The van der Waals surface area contributed by atoms with Gasteiger partial charge >= 0.3 is 0 Å². The van der Waals surface area contributed by atoms with Crippen molar-refractivity contribution in [1.82, 2.24) is 33.9 Å². The van der Waals surface area contributed by atoms with E-state index in [0.29, 0.717) is 36.6 Å². The third kappa shape index (κ3) is 3.38. The van der Waals surface area contributed by atoms with Crippen molar-refractivity contribution in [3.05, 3.63) is 60.7 Å². The van der Waals surface area contributed by atoms with Crippen LogP contribution in [0.4, 0.5) is 0 Å². The quantitative estimate of drug-likeness (QED) is 0.680. The van der Waals surface area contributed by atoms with Crippen LogP contribution in [0, 0.1) is 0 Å². The van der Waals surface area contributed by atoms with Gasteiger partial charge in [0.05, 0.1) is 17.5 Å². The van der Waals surface area contributed by atoms with Gasteiger partial charge in [-0.25, -0.2) is 23.1 Å². The highest BCUT2D eigenvalue weighted by atomic mass is 32.2. The molecule has 3 aromatic rings. The molecule has 1 aromatic carbocycles. The van der Waals surface area contributed by atoms with E-state index in [1.165, 1.54) is 6.33 Å². The van der Waals surface area contributed by atoms with Gasteiger partial charge in [0, 0.05) is 39.1 Å². The van der Waals surface area contributed by atoms with Crippen LogP contribution in [-0.2, 0) is 23.6 Å². The van der Waals surface area contributed by atoms with E-state index < -0.39 is 10.0 Å². The van der Waals surface area contributed by atoms with Crippen LogP contribution in [-0.4, -0.2) is 56.7 Å². The lowest BCUT2D eigenvalue weighted by atomic mass is 10.2. The summed E-state index contributed by atoms with van der Waals surface area (Å²) in [5.74, 6) is 0.722. The van der Waals surface area contributed by atoms with Crippen LogP contribution in [0.3, 0.4) is 0 Å². The largest absolute Gasteiger partial charge is 0.337 e. The van der Waals surface area contributed by atoms with Crippen molar-refractivity contribution in [3.63, 3.8) is 0 Å². The van der Waals surface area contributed by atoms with Gasteiger partial charge in [0.2, 0.25) is 10.0 Å². The van der Waals surface area contributed by atoms with Gasteiger partial charge in [-0.3, -0.25) is 0 Å². The van der Waals surface area contributed by atoms with E-state index in [0.717, 1.165) is 5.82 Å². The summed E-state index contributed by atoms with van der Waals surface area (Å²) in [6, 6.07) is 6.68. The zero-order valence-corrected chi connectivity index (χ0v) is 15.7. The van der Waals surface area contributed by atoms with Crippen molar-refractivity contribution >= 4 is 10.0 Å².